The van der Waals surface area contributed by atoms with Crippen LogP contribution in [0.2, 0.25) is 0 Å². The van der Waals surface area contributed by atoms with Crippen LogP contribution in [-0.2, 0) is 87.0 Å². The number of rotatable bonds is 25. The Balaban J connectivity index is 1.16. The molecule has 2 fully saturated rings. The predicted octanol–water partition coefficient (Wildman–Crippen LogP) is 9.16. The molecule has 0 unspecified atom stereocenters. The monoisotopic (exact) mass is 922 g/mol. The molecule has 0 spiro atoms. The number of benzene rings is 6. The van der Waals surface area contributed by atoms with Crippen molar-refractivity contribution >= 4 is 0 Å². The average molecular weight is 923 g/mol. The van der Waals surface area contributed by atoms with Gasteiger partial charge in [-0.25, -0.2) is 0 Å². The van der Waals surface area contributed by atoms with E-state index in [2.05, 4.69) is 6.58 Å². The Bertz CT molecular complexity index is 2290. The third kappa shape index (κ3) is 14.3. The molecule has 356 valence electrons. The Morgan fingerprint density at radius 2 is 0.721 bits per heavy atom. The van der Waals surface area contributed by atoms with Gasteiger partial charge < -0.3 is 52.5 Å². The van der Waals surface area contributed by atoms with Gasteiger partial charge in [0.2, 0.25) is 0 Å². The van der Waals surface area contributed by atoms with Crippen LogP contribution in [0.15, 0.2) is 195 Å². The smallest absolute Gasteiger partial charge is 0.187 e. The van der Waals surface area contributed by atoms with E-state index in [4.69, 9.17) is 47.4 Å². The highest BCUT2D eigenvalue weighted by Gasteiger charge is 2.54. The molecule has 1 N–H and O–H groups in total. The highest BCUT2D eigenvalue weighted by Crippen LogP contribution is 2.36. The van der Waals surface area contributed by atoms with Gasteiger partial charge in [-0.2, -0.15) is 0 Å². The van der Waals surface area contributed by atoms with Crippen LogP contribution in [0.3, 0.4) is 0 Å². The zero-order valence-electron chi connectivity index (χ0n) is 38.3. The molecule has 2 aliphatic heterocycles. The van der Waals surface area contributed by atoms with Crippen molar-refractivity contribution in [2.75, 3.05) is 19.8 Å². The summed E-state index contributed by atoms with van der Waals surface area (Å²) in [5.74, 6) is 0. The Morgan fingerprint density at radius 1 is 0.382 bits per heavy atom. The Hall–Kier alpha value is -5.38. The van der Waals surface area contributed by atoms with Gasteiger partial charge in [0.25, 0.3) is 0 Å². The quantitative estimate of drug-likeness (QED) is 0.0555. The average Bonchev–Trinajstić information content (AvgIpc) is 3.39. The first-order valence-corrected chi connectivity index (χ1v) is 23.3. The molecule has 2 heterocycles. The van der Waals surface area contributed by atoms with E-state index >= 15 is 0 Å². The number of hydrogen-bond acceptors (Lipinski definition) is 11. The summed E-state index contributed by atoms with van der Waals surface area (Å²) in [5.41, 5.74) is 5.76. The summed E-state index contributed by atoms with van der Waals surface area (Å²) in [4.78, 5) is 0. The number of aliphatic hydroxyl groups is 1. The minimum atomic E-state index is -1.45. The highest BCUT2D eigenvalue weighted by atomic mass is 16.7. The van der Waals surface area contributed by atoms with Gasteiger partial charge in [0.1, 0.15) is 48.8 Å². The second-order valence-electron chi connectivity index (χ2n) is 16.8. The third-order valence-corrected chi connectivity index (χ3v) is 11.8. The summed E-state index contributed by atoms with van der Waals surface area (Å²) in [7, 11) is 0. The lowest BCUT2D eigenvalue weighted by atomic mass is 9.95. The van der Waals surface area contributed by atoms with Crippen LogP contribution >= 0.6 is 0 Å². The van der Waals surface area contributed by atoms with E-state index in [1.54, 1.807) is 6.08 Å². The van der Waals surface area contributed by atoms with Crippen molar-refractivity contribution < 1.29 is 52.5 Å². The van der Waals surface area contributed by atoms with Gasteiger partial charge in [0, 0.05) is 0 Å². The van der Waals surface area contributed by atoms with Crippen LogP contribution < -0.4 is 0 Å². The molecule has 6 aromatic rings. The molecule has 11 heteroatoms. The summed E-state index contributed by atoms with van der Waals surface area (Å²) in [6.07, 6.45) is -7.66. The van der Waals surface area contributed by atoms with Gasteiger partial charge >= 0.3 is 0 Å². The van der Waals surface area contributed by atoms with E-state index in [0.29, 0.717) is 13.2 Å². The molecule has 0 saturated carbocycles. The van der Waals surface area contributed by atoms with E-state index in [9.17, 15) is 5.11 Å². The van der Waals surface area contributed by atoms with Gasteiger partial charge in [-0.05, 0) is 33.4 Å². The van der Waals surface area contributed by atoms with Crippen molar-refractivity contribution in [1.29, 1.82) is 0 Å². The molecular weight excluding hydrogens is 861 g/mol. The minimum Gasteiger partial charge on any atom is -0.374 e. The molecule has 68 heavy (non-hydrogen) atoms. The normalized spacial score (nSPS) is 24.9. The SMILES string of the molecule is C=CCO[C@H]1[C@@H](OCc2ccccc2)[C@@H](COCc2ccccc2)O[C@H](O[C@@H]2[C@H](OCc3ccccc3)[C@@H](O)O[C@H](COCc3ccccc3)[C@H]2OCc2ccccc2)[C@@H]1OCc1ccccc1. The fourth-order valence-corrected chi connectivity index (χ4v) is 8.39. The largest absolute Gasteiger partial charge is 0.374 e. The second-order valence-corrected chi connectivity index (χ2v) is 16.8. The van der Waals surface area contributed by atoms with Gasteiger partial charge in [0.15, 0.2) is 12.6 Å². The fourth-order valence-electron chi connectivity index (χ4n) is 8.39. The maximum absolute atomic E-state index is 12.0. The van der Waals surface area contributed by atoms with Crippen LogP contribution in [0.4, 0.5) is 0 Å². The number of hydrogen-bond donors (Lipinski definition) is 1. The van der Waals surface area contributed by atoms with Crippen LogP contribution in [0.25, 0.3) is 0 Å². The second kappa shape index (κ2) is 26.4. The molecule has 0 aromatic heterocycles. The Morgan fingerprint density at radius 3 is 1.12 bits per heavy atom. The molecule has 10 atom stereocenters. The summed E-state index contributed by atoms with van der Waals surface area (Å²) in [5, 5.41) is 12.0. The first kappa shape index (κ1) is 49.1. The van der Waals surface area contributed by atoms with E-state index in [1.807, 2.05) is 182 Å². The van der Waals surface area contributed by atoms with Gasteiger partial charge in [-0.15, -0.1) is 6.58 Å². The lowest BCUT2D eigenvalue weighted by molar-refractivity contribution is -0.374. The molecule has 11 nitrogen and oxygen atoms in total. The zero-order valence-corrected chi connectivity index (χ0v) is 38.3. The van der Waals surface area contributed by atoms with Crippen molar-refractivity contribution in [3.8, 4) is 0 Å². The van der Waals surface area contributed by atoms with E-state index in [0.717, 1.165) is 33.4 Å². The third-order valence-electron chi connectivity index (χ3n) is 11.8. The standard InChI is InChI=1S/C57H62O11/c1-2-33-61-52-50(62-36-44-25-13-5-14-26-44)49(41-60-35-43-23-11-4-12-24-43)67-57(55(52)65-39-47-31-19-8-20-32-47)68-53-51(63-37-45-27-15-6-16-28-45)48(40-59-34-42-21-9-3-10-22-42)66-56(58)54(53)64-38-46-29-17-7-18-30-46/h2-32,48-58H,1,33-41H2/t48-,49-,50+,51-,52+,53+,54+,55-,56+,57-/m1/s1. The Labute approximate surface area is 400 Å². The molecule has 2 aliphatic rings. The van der Waals surface area contributed by atoms with Crippen molar-refractivity contribution in [3.05, 3.63) is 228 Å². The van der Waals surface area contributed by atoms with Crippen LogP contribution in [0.1, 0.15) is 33.4 Å². The van der Waals surface area contributed by atoms with Gasteiger partial charge in [0.05, 0.1) is 59.5 Å². The van der Waals surface area contributed by atoms with Crippen molar-refractivity contribution in [1.82, 2.24) is 0 Å². The van der Waals surface area contributed by atoms with Crippen molar-refractivity contribution in [2.45, 2.75) is 101 Å². The minimum absolute atomic E-state index is 0.0759. The van der Waals surface area contributed by atoms with Crippen LogP contribution in [-0.4, -0.2) is 86.3 Å². The number of ether oxygens (including phenoxy) is 10. The van der Waals surface area contributed by atoms with Gasteiger partial charge in [-0.1, -0.05) is 188 Å². The van der Waals surface area contributed by atoms with Crippen molar-refractivity contribution in [3.63, 3.8) is 0 Å². The summed E-state index contributed by atoms with van der Waals surface area (Å²) in [6.45, 7) is 5.88. The zero-order chi connectivity index (χ0) is 46.6. The molecule has 0 radical (unpaired) electrons. The van der Waals surface area contributed by atoms with E-state index in [-0.39, 0.29) is 46.2 Å². The molecule has 0 bridgehead atoms. The van der Waals surface area contributed by atoms with Crippen LogP contribution in [0, 0.1) is 0 Å². The molecule has 2 saturated heterocycles. The molecular formula is C57H62O11. The lowest BCUT2D eigenvalue weighted by Crippen LogP contribution is -2.66. The highest BCUT2D eigenvalue weighted by molar-refractivity contribution is 5.18. The van der Waals surface area contributed by atoms with E-state index < -0.39 is 61.4 Å². The van der Waals surface area contributed by atoms with E-state index in [1.165, 1.54) is 0 Å². The topological polar surface area (TPSA) is 113 Å². The fraction of sp³-hybridized carbons (Fsp3) is 0.333. The summed E-state index contributed by atoms with van der Waals surface area (Å²) in [6, 6.07) is 59.3. The Kier molecular flexibility index (Phi) is 19.0. The summed E-state index contributed by atoms with van der Waals surface area (Å²) >= 11 is 0. The summed E-state index contributed by atoms with van der Waals surface area (Å²) < 4.78 is 67.5. The van der Waals surface area contributed by atoms with Crippen LogP contribution in [0.5, 0.6) is 0 Å². The maximum atomic E-state index is 12.0. The first-order chi connectivity index (χ1) is 33.6. The lowest BCUT2D eigenvalue weighted by Gasteiger charge is -2.49. The van der Waals surface area contributed by atoms with Crippen molar-refractivity contribution in [2.24, 2.45) is 0 Å². The maximum Gasteiger partial charge on any atom is 0.187 e. The van der Waals surface area contributed by atoms with Gasteiger partial charge in [-0.3, -0.25) is 0 Å². The molecule has 6 aromatic carbocycles. The predicted molar refractivity (Wildman–Crippen MR) is 257 cm³/mol. The molecule has 8 rings (SSSR count). The molecule has 0 aliphatic carbocycles. The first-order valence-electron chi connectivity index (χ1n) is 23.3. The molecule has 0 amide bonds. The number of aliphatic hydroxyl groups excluding tert-OH is 1.